The van der Waals surface area contributed by atoms with Crippen molar-refractivity contribution in [3.05, 3.63) is 90.2 Å². The molecule has 0 saturated carbocycles. The van der Waals surface area contributed by atoms with E-state index in [4.69, 9.17) is 0 Å². The Morgan fingerprint density at radius 2 is 1.93 bits per heavy atom. The van der Waals surface area contributed by atoms with Gasteiger partial charge in [0, 0.05) is 36.2 Å². The Kier molecular flexibility index (Phi) is 5.11. The summed E-state index contributed by atoms with van der Waals surface area (Å²) < 4.78 is 1.84. The van der Waals surface area contributed by atoms with Crippen LogP contribution >= 0.6 is 0 Å². The Hall–Kier alpha value is -3.87. The lowest BCUT2D eigenvalue weighted by Gasteiger charge is -2.24. The molecule has 0 spiro atoms. The number of rotatable bonds is 5. The summed E-state index contributed by atoms with van der Waals surface area (Å²) in [6, 6.07) is 16.8. The van der Waals surface area contributed by atoms with Gasteiger partial charge in [0.05, 0.1) is 6.33 Å². The third kappa shape index (κ3) is 4.03. The average molecular weight is 388 g/mol. The fourth-order valence-corrected chi connectivity index (χ4v) is 3.33. The topological polar surface area (TPSA) is 96.3 Å². The van der Waals surface area contributed by atoms with Crippen LogP contribution in [0.15, 0.2) is 84.7 Å². The van der Waals surface area contributed by atoms with Gasteiger partial charge < -0.3 is 20.3 Å². The molecular formula is C22H20N4O3. The summed E-state index contributed by atoms with van der Waals surface area (Å²) in [6.07, 6.45) is 5.70. The Balaban J connectivity index is 1.51. The van der Waals surface area contributed by atoms with Gasteiger partial charge in [-0.15, -0.1) is 0 Å². The van der Waals surface area contributed by atoms with Gasteiger partial charge in [0.1, 0.15) is 11.3 Å². The minimum atomic E-state index is -0.631. The van der Waals surface area contributed by atoms with Crippen LogP contribution in [0.4, 0.5) is 5.69 Å². The second-order valence-corrected chi connectivity index (χ2v) is 6.83. The molecule has 146 valence electrons. The third-order valence-corrected chi connectivity index (χ3v) is 4.86. The van der Waals surface area contributed by atoms with Crippen molar-refractivity contribution in [3.8, 4) is 5.69 Å². The molecule has 3 aromatic rings. The van der Waals surface area contributed by atoms with E-state index in [-0.39, 0.29) is 23.8 Å². The highest BCUT2D eigenvalue weighted by atomic mass is 16.3. The van der Waals surface area contributed by atoms with Gasteiger partial charge in [-0.1, -0.05) is 30.3 Å². The molecule has 1 unspecified atom stereocenters. The first-order valence-corrected chi connectivity index (χ1v) is 9.27. The number of amides is 2. The third-order valence-electron chi connectivity index (χ3n) is 4.86. The number of nitrogens with zero attached hydrogens (tertiary/aromatic N) is 2. The molecular weight excluding hydrogens is 368 g/mol. The highest BCUT2D eigenvalue weighted by Gasteiger charge is 2.32. The van der Waals surface area contributed by atoms with Crippen molar-refractivity contribution in [2.24, 2.45) is 5.92 Å². The Morgan fingerprint density at radius 3 is 2.62 bits per heavy atom. The van der Waals surface area contributed by atoms with E-state index in [1.54, 1.807) is 24.7 Å². The molecule has 7 heteroatoms. The molecule has 2 aromatic carbocycles. The number of aromatic nitrogens is 2. The molecule has 1 aliphatic heterocycles. The van der Waals surface area contributed by atoms with Crippen molar-refractivity contribution >= 4 is 17.5 Å². The second-order valence-electron chi connectivity index (χ2n) is 6.83. The molecule has 2 amide bonds. The largest absolute Gasteiger partial charge is 0.511 e. The molecule has 0 radical (unpaired) electrons. The van der Waals surface area contributed by atoms with Crippen LogP contribution in [0, 0.1) is 5.92 Å². The predicted molar refractivity (Wildman–Crippen MR) is 108 cm³/mol. The fourth-order valence-electron chi connectivity index (χ4n) is 3.33. The highest BCUT2D eigenvalue weighted by Crippen LogP contribution is 2.23. The van der Waals surface area contributed by atoms with Crippen LogP contribution in [0.5, 0.6) is 0 Å². The number of nitrogens with one attached hydrogen (secondary N) is 2. The number of aliphatic hydroxyl groups is 1. The lowest BCUT2D eigenvalue weighted by Crippen LogP contribution is -2.42. The van der Waals surface area contributed by atoms with E-state index in [0.717, 1.165) is 11.3 Å². The first kappa shape index (κ1) is 18.5. The van der Waals surface area contributed by atoms with Gasteiger partial charge in [-0.2, -0.15) is 0 Å². The summed E-state index contributed by atoms with van der Waals surface area (Å²) in [6.45, 7) is 0.288. The molecule has 7 nitrogen and oxygen atoms in total. The Labute approximate surface area is 167 Å². The van der Waals surface area contributed by atoms with Gasteiger partial charge >= 0.3 is 0 Å². The number of benzene rings is 2. The van der Waals surface area contributed by atoms with Gasteiger partial charge in [-0.25, -0.2) is 4.98 Å². The number of carbonyl (C=O) groups excluding carboxylic acids is 2. The normalized spacial score (nSPS) is 16.4. The highest BCUT2D eigenvalue weighted by molar-refractivity contribution is 6.23. The summed E-state index contributed by atoms with van der Waals surface area (Å²) in [5, 5.41) is 16.0. The molecule has 29 heavy (non-hydrogen) atoms. The van der Waals surface area contributed by atoms with Gasteiger partial charge in [0.15, 0.2) is 0 Å². The zero-order valence-corrected chi connectivity index (χ0v) is 15.6. The molecule has 0 aliphatic carbocycles. The molecule has 0 bridgehead atoms. The SMILES string of the molecule is O=C1NCC(Cc2ccccc2)C(O)=C1C(=O)Nc1ccc(-n2ccnc2)cc1. The molecule has 1 atom stereocenters. The van der Waals surface area contributed by atoms with E-state index >= 15 is 0 Å². The Bertz CT molecular complexity index is 1040. The standard InChI is InChI=1S/C22H20N4O3/c27-20-16(12-15-4-2-1-3-5-15)13-24-21(28)19(20)22(29)25-17-6-8-18(9-7-17)26-11-10-23-14-26/h1-11,14,16,27H,12-13H2,(H,24,28)(H,25,29). The molecule has 3 N–H and O–H groups in total. The maximum Gasteiger partial charge on any atom is 0.264 e. The molecule has 2 heterocycles. The summed E-state index contributed by atoms with van der Waals surface area (Å²) in [7, 11) is 0. The van der Waals surface area contributed by atoms with E-state index < -0.39 is 11.8 Å². The number of hydrogen-bond acceptors (Lipinski definition) is 4. The summed E-state index contributed by atoms with van der Waals surface area (Å²) >= 11 is 0. The van der Waals surface area contributed by atoms with Crippen molar-refractivity contribution in [2.75, 3.05) is 11.9 Å². The van der Waals surface area contributed by atoms with Crippen molar-refractivity contribution < 1.29 is 14.7 Å². The number of carbonyl (C=O) groups is 2. The van der Waals surface area contributed by atoms with Gasteiger partial charge in [-0.05, 0) is 36.2 Å². The second kappa shape index (κ2) is 8.02. The number of imidazole rings is 1. The first-order chi connectivity index (χ1) is 14.1. The van der Waals surface area contributed by atoms with E-state index in [9.17, 15) is 14.7 Å². The number of aliphatic hydroxyl groups excluding tert-OH is 1. The van der Waals surface area contributed by atoms with Crippen molar-refractivity contribution in [2.45, 2.75) is 6.42 Å². The molecule has 0 fully saturated rings. The monoisotopic (exact) mass is 388 g/mol. The molecule has 1 aromatic heterocycles. The van der Waals surface area contributed by atoms with E-state index in [1.165, 1.54) is 0 Å². The zero-order chi connectivity index (χ0) is 20.2. The van der Waals surface area contributed by atoms with Crippen molar-refractivity contribution in [1.82, 2.24) is 14.9 Å². The van der Waals surface area contributed by atoms with Gasteiger partial charge in [0.25, 0.3) is 11.8 Å². The lowest BCUT2D eigenvalue weighted by atomic mass is 9.91. The summed E-state index contributed by atoms with van der Waals surface area (Å²) in [5.74, 6) is -1.72. The molecule has 0 saturated heterocycles. The average Bonchev–Trinajstić information content (AvgIpc) is 3.26. The lowest BCUT2D eigenvalue weighted by molar-refractivity contribution is -0.122. The number of anilines is 1. The smallest absolute Gasteiger partial charge is 0.264 e. The van der Waals surface area contributed by atoms with E-state index in [2.05, 4.69) is 15.6 Å². The van der Waals surface area contributed by atoms with Crippen LogP contribution in [-0.2, 0) is 16.0 Å². The zero-order valence-electron chi connectivity index (χ0n) is 15.6. The summed E-state index contributed by atoms with van der Waals surface area (Å²) in [5.41, 5.74) is 2.20. The first-order valence-electron chi connectivity index (χ1n) is 9.27. The van der Waals surface area contributed by atoms with Crippen LogP contribution in [-0.4, -0.2) is 33.0 Å². The van der Waals surface area contributed by atoms with E-state index in [1.807, 2.05) is 53.2 Å². The van der Waals surface area contributed by atoms with Crippen LogP contribution in [0.1, 0.15) is 5.56 Å². The van der Waals surface area contributed by atoms with Crippen LogP contribution in [0.2, 0.25) is 0 Å². The maximum atomic E-state index is 12.7. The van der Waals surface area contributed by atoms with Gasteiger partial charge in [0.2, 0.25) is 0 Å². The van der Waals surface area contributed by atoms with E-state index in [0.29, 0.717) is 12.1 Å². The van der Waals surface area contributed by atoms with Crippen LogP contribution < -0.4 is 10.6 Å². The predicted octanol–water partition coefficient (Wildman–Crippen LogP) is 2.61. The quantitative estimate of drug-likeness (QED) is 0.586. The van der Waals surface area contributed by atoms with Gasteiger partial charge in [-0.3, -0.25) is 9.59 Å². The van der Waals surface area contributed by atoms with Crippen molar-refractivity contribution in [1.29, 1.82) is 0 Å². The Morgan fingerprint density at radius 1 is 1.17 bits per heavy atom. The van der Waals surface area contributed by atoms with Crippen LogP contribution in [0.3, 0.4) is 0 Å². The fraction of sp³-hybridized carbons (Fsp3) is 0.136. The minimum Gasteiger partial charge on any atom is -0.511 e. The maximum absolute atomic E-state index is 12.7. The number of hydrogen-bond donors (Lipinski definition) is 3. The summed E-state index contributed by atoms with van der Waals surface area (Å²) in [4.78, 5) is 28.9. The minimum absolute atomic E-state index is 0.176. The molecule has 1 aliphatic rings. The van der Waals surface area contributed by atoms with Crippen LogP contribution in [0.25, 0.3) is 5.69 Å². The molecule has 4 rings (SSSR count). The van der Waals surface area contributed by atoms with Crippen molar-refractivity contribution in [3.63, 3.8) is 0 Å².